The van der Waals surface area contributed by atoms with Crippen molar-refractivity contribution in [3.05, 3.63) is 0 Å². The Labute approximate surface area is 857 Å². The van der Waals surface area contributed by atoms with Crippen LogP contribution in [0.25, 0.3) is 0 Å². The molecule has 40 N–H and O–H groups in total. The van der Waals surface area contributed by atoms with Gasteiger partial charge in [0.15, 0.2) is 50.3 Å². The molecule has 0 aromatic carbocycles. The summed E-state index contributed by atoms with van der Waals surface area (Å²) in [5.41, 5.74) is 46.0. The van der Waals surface area contributed by atoms with Gasteiger partial charge in [-0.05, 0) is 12.8 Å². The topological polar surface area (TPSA) is 1110 Å². The minimum absolute atomic E-state index is 0.205. The highest BCUT2D eigenvalue weighted by Crippen LogP contribution is 2.42. The van der Waals surface area contributed by atoms with Gasteiger partial charge in [0.2, 0.25) is 0 Å². The molecule has 27 heterocycles. The average Bonchev–Trinajstić information content (AvgIpc) is 0.767. The molecule has 0 aromatic rings. The predicted molar refractivity (Wildman–Crippen MR) is 491 cm³/mol. The normalized spacial score (nSPS) is 41.4. The van der Waals surface area contributed by atoms with Crippen molar-refractivity contribution in [2.75, 3.05) is 98.7 Å². The number of carboxylic acids is 8. The Hall–Kier alpha value is -4.64. The van der Waals surface area contributed by atoms with Gasteiger partial charge in [-0.2, -0.15) is 0 Å². The Kier molecular flexibility index (Phi) is 48.9. The summed E-state index contributed by atoms with van der Waals surface area (Å²) in [5.74, 6) is -31.6. The molecule has 27 aliphatic heterocycles. The standard InChI is InChI=1S/C76H128N8O56S8/c77-22(61(101)102)5-141(117)13-30-21-3-1-2-4-125-69-47(94)39(86)54(31(127-69)14-142(118)6-23(78)62(103)104)135-71-49(96)41(88)56(33(129-71)16-144(120)8-25(80)64(107)108)137-73-51(98)43(90)58(35(131-73)18-146(122)10-27(82)66(111)112)139-75-53(100)45(92)60(37(133-75)20-148(124)12-29(84)68(115)116)140-76-52(99)44(91)59(36(132-76)19-147(123)11-28(83)67(113)114)138-74-50(97)42(89)57(34(130-74)17-145(121)9-26(81)65(109)110)136-72-48(95)40(87)55(134-70(126-30)46(93)38(21)85)32(128-72)15-143(119)7-24(79)63(105)106/h21-60,69-76,85-100H,1-20,77-84H2,(H,101,102)(H,103,104)(H,105,106)(H,107,108)(H,109,110)(H,111,112)(H,113,114)(H,115,116). The van der Waals surface area contributed by atoms with Gasteiger partial charge in [-0.3, -0.25) is 72.0 Å². The number of hydrogen-bond acceptors (Lipinski definition) is 56. The average molecular weight is 2310 g/mol. The van der Waals surface area contributed by atoms with Gasteiger partial charge in [0, 0.05) is 145 Å². The lowest BCUT2D eigenvalue weighted by molar-refractivity contribution is -0.391. The molecule has 856 valence electrons. The molecular weight excluding hydrogens is 2180 g/mol. The van der Waals surface area contributed by atoms with Crippen LogP contribution in [0.3, 0.4) is 0 Å². The van der Waals surface area contributed by atoms with E-state index < -0.39 is 527 Å². The van der Waals surface area contributed by atoms with E-state index in [4.69, 9.17) is 122 Å². The number of carbonyl (C=O) groups is 8. The van der Waals surface area contributed by atoms with E-state index in [0.717, 1.165) is 0 Å². The summed E-state index contributed by atoms with van der Waals surface area (Å²) in [5, 5.41) is 273. The van der Waals surface area contributed by atoms with Gasteiger partial charge in [-0.1, -0.05) is 6.42 Å². The highest BCUT2D eigenvalue weighted by molar-refractivity contribution is 7.86. The summed E-state index contributed by atoms with van der Waals surface area (Å²) in [6.45, 7) is -0.588. The number of carboxylic acid groups (broad SMARTS) is 8. The van der Waals surface area contributed by atoms with E-state index in [1.54, 1.807) is 0 Å². The van der Waals surface area contributed by atoms with Crippen LogP contribution in [0.2, 0.25) is 0 Å². The van der Waals surface area contributed by atoms with Crippen LogP contribution in [0.5, 0.6) is 0 Å². The lowest BCUT2D eigenvalue weighted by Gasteiger charge is -2.50. The monoisotopic (exact) mass is 2300 g/mol. The van der Waals surface area contributed by atoms with Crippen LogP contribution in [0, 0.1) is 5.92 Å². The quantitative estimate of drug-likeness (QED) is 0.0271. The maximum atomic E-state index is 14.2. The summed E-state index contributed by atoms with van der Waals surface area (Å²) >= 11 is 0. The predicted octanol–water partition coefficient (Wildman–Crippen LogP) is -22.6. The number of aliphatic hydroxyl groups excluding tert-OH is 16. The number of aliphatic hydroxyl groups is 16. The van der Waals surface area contributed by atoms with Gasteiger partial charge in [-0.25, -0.2) is 0 Å². The second-order valence-corrected chi connectivity index (χ2v) is 48.5. The van der Waals surface area contributed by atoms with Crippen LogP contribution >= 0.6 is 0 Å². The fourth-order valence-corrected chi connectivity index (χ4v) is 27.4. The zero-order chi connectivity index (χ0) is 110. The molecule has 56 unspecified atom stereocenters. The number of rotatable bonds is 40. The zero-order valence-electron chi connectivity index (χ0n) is 77.5. The van der Waals surface area contributed by atoms with Crippen molar-refractivity contribution in [1.29, 1.82) is 0 Å². The van der Waals surface area contributed by atoms with Gasteiger partial charge in [-0.15, -0.1) is 0 Å². The first kappa shape index (κ1) is 127. The first-order valence-electron chi connectivity index (χ1n) is 45.2. The van der Waals surface area contributed by atoms with Crippen molar-refractivity contribution in [2.24, 2.45) is 51.8 Å². The van der Waals surface area contributed by atoms with Crippen LogP contribution in [-0.2, 0) is 201 Å². The SMILES string of the molecule is NC(CS(=O)CC1OC2OC3C(CS(=O)CC(N)C(=O)O)OC(OC4C(CS(=O)CC(N)C(=O)O)OC(OC5C(CS(=O)CC(N)C(=O)O)OC(OC6C(CS(=O)CC(N)C(=O)O)OC(OC7C(CS(=O)CC(N)C(=O)O)OC(OC8C(CS(=O)CC(N)C(=O)O)OC(OC9C(CS(=O)CC(N)C(=O)O)OC(OCCCCC1C(O)C2O)C(O)C9O)C(O)C8O)C(O)C7O)C(O)C6O)C(O)C5O)C(O)C4O)C(O)C3O)C(=O)O. The van der Waals surface area contributed by atoms with E-state index in [0.29, 0.717) is 0 Å². The Balaban J connectivity index is 1.16. The molecule has 27 aliphatic rings. The van der Waals surface area contributed by atoms with E-state index >= 15 is 0 Å². The maximum absolute atomic E-state index is 14.2. The molecule has 64 nitrogen and oxygen atoms in total. The van der Waals surface area contributed by atoms with Gasteiger partial charge >= 0.3 is 47.8 Å². The molecular formula is C76H128N8O56S8. The third-order valence-corrected chi connectivity index (χ3v) is 36.3. The van der Waals surface area contributed by atoms with E-state index in [-0.39, 0.29) is 19.3 Å². The molecule has 0 aromatic heterocycles. The van der Waals surface area contributed by atoms with Crippen LogP contribution in [0.1, 0.15) is 19.3 Å². The van der Waals surface area contributed by atoms with Crippen molar-refractivity contribution in [1.82, 2.24) is 0 Å². The van der Waals surface area contributed by atoms with Crippen molar-refractivity contribution in [2.45, 2.75) is 307 Å². The first-order valence-corrected chi connectivity index (χ1v) is 57.1. The van der Waals surface area contributed by atoms with Gasteiger partial charge in [0.05, 0.1) is 58.2 Å². The van der Waals surface area contributed by atoms with E-state index in [9.17, 15) is 195 Å². The van der Waals surface area contributed by atoms with E-state index in [1.165, 1.54) is 0 Å². The van der Waals surface area contributed by atoms with Crippen molar-refractivity contribution >= 4 is 134 Å². The van der Waals surface area contributed by atoms with Gasteiger partial charge in [0.25, 0.3) is 0 Å². The van der Waals surface area contributed by atoms with Crippen molar-refractivity contribution in [3.63, 3.8) is 0 Å². The number of ether oxygens (including phenoxy) is 16. The zero-order valence-corrected chi connectivity index (χ0v) is 84.1. The Morgan fingerprint density at radius 1 is 0.203 bits per heavy atom. The molecule has 0 saturated carbocycles. The van der Waals surface area contributed by atoms with E-state index in [1.807, 2.05) is 0 Å². The third-order valence-electron chi connectivity index (χ3n) is 24.9. The number of nitrogens with two attached hydrogens (primary N) is 8. The molecule has 27 rings (SSSR count). The minimum atomic E-state index is -2.74. The number of hydrogen-bond donors (Lipinski definition) is 32. The van der Waals surface area contributed by atoms with Crippen molar-refractivity contribution < 1.29 is 270 Å². The highest BCUT2D eigenvalue weighted by atomic mass is 32.2. The lowest BCUT2D eigenvalue weighted by atomic mass is 9.85. The summed E-state index contributed by atoms with van der Waals surface area (Å²) in [4.78, 5) is 96.5. The smallest absolute Gasteiger partial charge is 0.321 e. The van der Waals surface area contributed by atoms with Gasteiger partial charge < -0.3 is 244 Å². The lowest BCUT2D eigenvalue weighted by Crippen LogP contribution is -2.69. The minimum Gasteiger partial charge on any atom is -0.480 e. The largest absolute Gasteiger partial charge is 0.480 e. The molecule has 56 atom stereocenters. The molecule has 72 heteroatoms. The molecule has 0 radical (unpaired) electrons. The second-order valence-electron chi connectivity index (χ2n) is 36.2. The number of aliphatic carboxylic acids is 8. The summed E-state index contributed by atoms with van der Waals surface area (Å²) in [6.07, 6.45) is -95.7. The second kappa shape index (κ2) is 57.0. The first-order chi connectivity index (χ1) is 69.2. The molecule has 148 heavy (non-hydrogen) atoms. The van der Waals surface area contributed by atoms with Crippen LogP contribution in [0.15, 0.2) is 0 Å². The molecule has 0 spiro atoms. The summed E-state index contributed by atoms with van der Waals surface area (Å²) in [6, 6.07) is -15.6. The Morgan fingerprint density at radius 3 is 0.514 bits per heavy atom. The van der Waals surface area contributed by atoms with Crippen LogP contribution in [-0.4, -0.2) is 591 Å². The molecule has 27 saturated heterocycles. The molecule has 0 aliphatic carbocycles. The molecule has 27 fully saturated rings. The van der Waals surface area contributed by atoms with Crippen LogP contribution in [0.4, 0.5) is 0 Å². The van der Waals surface area contributed by atoms with Crippen molar-refractivity contribution in [3.8, 4) is 0 Å². The van der Waals surface area contributed by atoms with Crippen LogP contribution < -0.4 is 45.9 Å². The maximum Gasteiger partial charge on any atom is 0.321 e. The Morgan fingerprint density at radius 2 is 0.345 bits per heavy atom. The molecule has 0 amide bonds. The Bertz CT molecular complexity index is 4560. The fourth-order valence-electron chi connectivity index (χ4n) is 16.8. The summed E-state index contributed by atoms with van der Waals surface area (Å²) < 4.78 is 209. The third kappa shape index (κ3) is 33.7. The fraction of sp³-hybridized carbons (Fsp3) is 0.895. The summed E-state index contributed by atoms with van der Waals surface area (Å²) in [7, 11) is -20.7. The van der Waals surface area contributed by atoms with Gasteiger partial charge in [0.1, 0.15) is 225 Å². The highest BCUT2D eigenvalue weighted by Gasteiger charge is 2.62. The van der Waals surface area contributed by atoms with E-state index in [2.05, 4.69) is 0 Å². The molecule has 16 bridgehead atoms.